The van der Waals surface area contributed by atoms with Crippen LogP contribution in [0.3, 0.4) is 0 Å². The molecule has 0 saturated carbocycles. The standard InChI is InChI=1S/C18H16N2O3/c21-18(12-16(20-23-18)14-9-5-2-6-10-14)17-11-15(19-22-17)13-7-3-1-4-8-13/h1-10,17,21H,11-12H2. The van der Waals surface area contributed by atoms with Crippen molar-refractivity contribution in [1.82, 2.24) is 0 Å². The molecule has 5 nitrogen and oxygen atoms in total. The van der Waals surface area contributed by atoms with Crippen molar-refractivity contribution in [3.05, 3.63) is 71.8 Å². The van der Waals surface area contributed by atoms with E-state index in [0.29, 0.717) is 12.1 Å². The maximum absolute atomic E-state index is 10.8. The van der Waals surface area contributed by atoms with Gasteiger partial charge in [0, 0.05) is 6.42 Å². The SMILES string of the molecule is OC1(C2CC(c3ccccc3)=NO2)CC(c2ccccc2)=NO1. The molecule has 2 heterocycles. The minimum Gasteiger partial charge on any atom is -0.385 e. The molecule has 0 saturated heterocycles. The second-order valence-electron chi connectivity index (χ2n) is 5.72. The lowest BCUT2D eigenvalue weighted by atomic mass is 9.95. The number of hydrogen-bond donors (Lipinski definition) is 1. The quantitative estimate of drug-likeness (QED) is 0.948. The highest BCUT2D eigenvalue weighted by Crippen LogP contribution is 2.34. The van der Waals surface area contributed by atoms with Crippen LogP contribution in [0.15, 0.2) is 71.0 Å². The molecular formula is C18H16N2O3. The molecule has 2 aliphatic heterocycles. The van der Waals surface area contributed by atoms with Gasteiger partial charge in [-0.1, -0.05) is 71.0 Å². The molecule has 1 N–H and O–H groups in total. The van der Waals surface area contributed by atoms with E-state index in [1.54, 1.807) is 0 Å². The van der Waals surface area contributed by atoms with Crippen LogP contribution >= 0.6 is 0 Å². The fourth-order valence-electron chi connectivity index (χ4n) is 2.82. The van der Waals surface area contributed by atoms with Gasteiger partial charge in [-0.2, -0.15) is 0 Å². The lowest BCUT2D eigenvalue weighted by Gasteiger charge is -2.24. The van der Waals surface area contributed by atoms with E-state index < -0.39 is 11.9 Å². The summed E-state index contributed by atoms with van der Waals surface area (Å²) in [6, 6.07) is 19.5. The highest BCUT2D eigenvalue weighted by atomic mass is 16.8. The van der Waals surface area contributed by atoms with Crippen molar-refractivity contribution < 1.29 is 14.8 Å². The molecule has 0 radical (unpaired) electrons. The van der Waals surface area contributed by atoms with Crippen molar-refractivity contribution in [2.24, 2.45) is 10.3 Å². The van der Waals surface area contributed by atoms with Crippen LogP contribution in [0.2, 0.25) is 0 Å². The molecule has 23 heavy (non-hydrogen) atoms. The van der Waals surface area contributed by atoms with Gasteiger partial charge in [0.1, 0.15) is 0 Å². The molecule has 116 valence electrons. The van der Waals surface area contributed by atoms with Crippen LogP contribution in [0.4, 0.5) is 0 Å². The van der Waals surface area contributed by atoms with Gasteiger partial charge < -0.3 is 14.8 Å². The molecule has 0 amide bonds. The van der Waals surface area contributed by atoms with Crippen LogP contribution in [0.25, 0.3) is 0 Å². The maximum atomic E-state index is 10.8. The Morgan fingerprint density at radius 1 is 0.870 bits per heavy atom. The van der Waals surface area contributed by atoms with Crippen molar-refractivity contribution in [3.8, 4) is 0 Å². The molecule has 2 aliphatic rings. The number of aliphatic hydroxyl groups is 1. The topological polar surface area (TPSA) is 63.4 Å². The van der Waals surface area contributed by atoms with E-state index in [1.165, 1.54) is 0 Å². The first-order valence-electron chi connectivity index (χ1n) is 7.55. The lowest BCUT2D eigenvalue weighted by molar-refractivity contribution is -0.246. The van der Waals surface area contributed by atoms with Crippen LogP contribution in [-0.2, 0) is 9.68 Å². The molecule has 0 fully saturated rings. The highest BCUT2D eigenvalue weighted by molar-refractivity contribution is 6.03. The summed E-state index contributed by atoms with van der Waals surface area (Å²) in [5.41, 5.74) is 3.44. The minimum atomic E-state index is -1.48. The van der Waals surface area contributed by atoms with Gasteiger partial charge in [-0.15, -0.1) is 0 Å². The van der Waals surface area contributed by atoms with Gasteiger partial charge in [0.2, 0.25) is 6.10 Å². The third kappa shape index (κ3) is 2.59. The first kappa shape index (κ1) is 14.0. The third-order valence-corrected chi connectivity index (χ3v) is 4.12. The van der Waals surface area contributed by atoms with Crippen LogP contribution in [0.5, 0.6) is 0 Å². The lowest BCUT2D eigenvalue weighted by Crippen LogP contribution is -2.42. The van der Waals surface area contributed by atoms with Crippen LogP contribution in [-0.4, -0.2) is 28.4 Å². The number of hydrogen-bond acceptors (Lipinski definition) is 5. The summed E-state index contributed by atoms with van der Waals surface area (Å²) in [6.45, 7) is 0. The Labute approximate surface area is 133 Å². The Bertz CT molecular complexity index is 758. The van der Waals surface area contributed by atoms with Gasteiger partial charge in [0.05, 0.1) is 17.8 Å². The zero-order chi connectivity index (χ0) is 15.7. The van der Waals surface area contributed by atoms with Crippen LogP contribution < -0.4 is 0 Å². The Morgan fingerprint density at radius 2 is 1.48 bits per heavy atom. The molecule has 5 heteroatoms. The van der Waals surface area contributed by atoms with Crippen LogP contribution in [0, 0.1) is 0 Å². The minimum absolute atomic E-state index is 0.277. The van der Waals surface area contributed by atoms with E-state index in [1.807, 2.05) is 60.7 Å². The zero-order valence-electron chi connectivity index (χ0n) is 12.4. The molecule has 0 aliphatic carbocycles. The van der Waals surface area contributed by atoms with E-state index in [9.17, 15) is 5.11 Å². The number of rotatable bonds is 3. The monoisotopic (exact) mass is 308 g/mol. The molecule has 2 unspecified atom stereocenters. The van der Waals surface area contributed by atoms with Gasteiger partial charge in [-0.25, -0.2) is 0 Å². The summed E-state index contributed by atoms with van der Waals surface area (Å²) in [4.78, 5) is 10.8. The average Bonchev–Trinajstić information content (AvgIpc) is 3.25. The van der Waals surface area contributed by atoms with E-state index in [-0.39, 0.29) is 6.42 Å². The molecule has 0 spiro atoms. The molecule has 2 atom stereocenters. The number of oxime groups is 2. The molecule has 4 rings (SSSR count). The summed E-state index contributed by atoms with van der Waals surface area (Å²) in [5, 5.41) is 18.9. The smallest absolute Gasteiger partial charge is 0.280 e. The summed E-state index contributed by atoms with van der Waals surface area (Å²) in [6.07, 6.45) is 0.194. The molecular weight excluding hydrogens is 292 g/mol. The molecule has 2 aromatic carbocycles. The third-order valence-electron chi connectivity index (χ3n) is 4.12. The van der Waals surface area contributed by atoms with Gasteiger partial charge >= 0.3 is 0 Å². The van der Waals surface area contributed by atoms with Crippen molar-refractivity contribution in [3.63, 3.8) is 0 Å². The van der Waals surface area contributed by atoms with Crippen molar-refractivity contribution >= 4 is 11.4 Å². The summed E-state index contributed by atoms with van der Waals surface area (Å²) in [7, 11) is 0. The van der Waals surface area contributed by atoms with E-state index in [4.69, 9.17) is 9.68 Å². The zero-order valence-corrected chi connectivity index (χ0v) is 12.4. The van der Waals surface area contributed by atoms with Crippen LogP contribution in [0.1, 0.15) is 24.0 Å². The molecule has 2 aromatic rings. The first-order chi connectivity index (χ1) is 11.2. The molecule has 0 bridgehead atoms. The van der Waals surface area contributed by atoms with E-state index in [0.717, 1.165) is 16.8 Å². The Hall–Kier alpha value is -2.66. The van der Waals surface area contributed by atoms with Gasteiger partial charge in [-0.3, -0.25) is 0 Å². The average molecular weight is 308 g/mol. The predicted molar refractivity (Wildman–Crippen MR) is 86.1 cm³/mol. The van der Waals surface area contributed by atoms with Crippen molar-refractivity contribution in [2.75, 3.05) is 0 Å². The Balaban J connectivity index is 1.47. The fourth-order valence-corrected chi connectivity index (χ4v) is 2.82. The van der Waals surface area contributed by atoms with E-state index >= 15 is 0 Å². The van der Waals surface area contributed by atoms with Crippen molar-refractivity contribution in [1.29, 1.82) is 0 Å². The fraction of sp³-hybridized carbons (Fsp3) is 0.222. The van der Waals surface area contributed by atoms with E-state index in [2.05, 4.69) is 10.3 Å². The summed E-state index contributed by atoms with van der Waals surface area (Å²) >= 11 is 0. The van der Waals surface area contributed by atoms with Gasteiger partial charge in [0.15, 0.2) is 0 Å². The highest BCUT2D eigenvalue weighted by Gasteiger charge is 2.49. The maximum Gasteiger partial charge on any atom is 0.280 e. The number of nitrogens with zero attached hydrogens (tertiary/aromatic N) is 2. The summed E-state index contributed by atoms with van der Waals surface area (Å²) in [5.74, 6) is -1.48. The number of benzene rings is 2. The Kier molecular flexibility index (Phi) is 3.35. The first-order valence-corrected chi connectivity index (χ1v) is 7.55. The predicted octanol–water partition coefficient (Wildman–Crippen LogP) is 2.69. The van der Waals surface area contributed by atoms with Crippen molar-refractivity contribution in [2.45, 2.75) is 24.7 Å². The largest absolute Gasteiger partial charge is 0.385 e. The summed E-state index contributed by atoms with van der Waals surface area (Å²) < 4.78 is 0. The normalized spacial score (nSPS) is 26.2. The second-order valence-corrected chi connectivity index (χ2v) is 5.72. The second kappa shape index (κ2) is 5.52. The van der Waals surface area contributed by atoms with Gasteiger partial charge in [0.25, 0.3) is 5.79 Å². The molecule has 0 aromatic heterocycles. The Morgan fingerprint density at radius 3 is 2.13 bits per heavy atom. The van der Waals surface area contributed by atoms with Gasteiger partial charge in [-0.05, 0) is 11.1 Å².